The molecule has 1 fully saturated rings. The summed E-state index contributed by atoms with van der Waals surface area (Å²) in [6, 6.07) is 2.45. The summed E-state index contributed by atoms with van der Waals surface area (Å²) in [4.78, 5) is 10.5. The van der Waals surface area contributed by atoms with Crippen LogP contribution in [0.2, 0.25) is 0 Å². The van der Waals surface area contributed by atoms with Crippen LogP contribution in [0.1, 0.15) is 36.8 Å². The summed E-state index contributed by atoms with van der Waals surface area (Å²) in [5.41, 5.74) is 6.58. The summed E-state index contributed by atoms with van der Waals surface area (Å²) >= 11 is 0. The van der Waals surface area contributed by atoms with Gasteiger partial charge in [-0.05, 0) is 50.8 Å². The summed E-state index contributed by atoms with van der Waals surface area (Å²) in [7, 11) is -3.77. The van der Waals surface area contributed by atoms with Crippen molar-refractivity contribution in [3.8, 4) is 0 Å². The van der Waals surface area contributed by atoms with Crippen molar-refractivity contribution in [1.29, 1.82) is 0 Å². The quantitative estimate of drug-likeness (QED) is 0.626. The van der Waals surface area contributed by atoms with Crippen LogP contribution in [-0.2, 0) is 10.0 Å². The second kappa shape index (κ2) is 8.24. The Bertz CT molecular complexity index is 707. The number of rotatable bonds is 5. The predicted octanol–water partition coefficient (Wildman–Crippen LogP) is 2.53. The Labute approximate surface area is 148 Å². The maximum absolute atomic E-state index is 13.1. The minimum Gasteiger partial charge on any atom is -0.330 e. The molecule has 2 rings (SSSR count). The SMILES string of the molecule is Cc1cc([N+](=O)[O-])cc(S(=O)(=O)N2CCCCC2CCN)c1C.Cl. The van der Waals surface area contributed by atoms with E-state index >= 15 is 0 Å². The van der Waals surface area contributed by atoms with E-state index in [2.05, 4.69) is 0 Å². The van der Waals surface area contributed by atoms with E-state index in [4.69, 9.17) is 5.73 Å². The highest BCUT2D eigenvalue weighted by molar-refractivity contribution is 7.89. The molecule has 0 radical (unpaired) electrons. The standard InChI is InChI=1S/C15H23N3O4S.ClH/c1-11-9-14(18(19)20)10-15(12(11)2)23(21,22)17-8-4-3-5-13(17)6-7-16;/h9-10,13H,3-8,16H2,1-2H3;1H. The van der Waals surface area contributed by atoms with Gasteiger partial charge in [0.15, 0.2) is 0 Å². The van der Waals surface area contributed by atoms with Crippen LogP contribution >= 0.6 is 12.4 Å². The van der Waals surface area contributed by atoms with E-state index in [0.29, 0.717) is 30.6 Å². The van der Waals surface area contributed by atoms with Crippen molar-refractivity contribution in [3.05, 3.63) is 33.4 Å². The molecule has 1 aliphatic heterocycles. The number of non-ortho nitro benzene ring substituents is 1. The van der Waals surface area contributed by atoms with Gasteiger partial charge in [0, 0.05) is 24.7 Å². The second-order valence-corrected chi connectivity index (χ2v) is 7.84. The lowest BCUT2D eigenvalue weighted by atomic mass is 10.0. The van der Waals surface area contributed by atoms with E-state index in [0.717, 1.165) is 19.3 Å². The van der Waals surface area contributed by atoms with E-state index in [1.807, 2.05) is 0 Å². The van der Waals surface area contributed by atoms with Crippen LogP contribution < -0.4 is 5.73 Å². The van der Waals surface area contributed by atoms with Crippen LogP contribution in [0.4, 0.5) is 5.69 Å². The molecule has 1 aliphatic rings. The summed E-state index contributed by atoms with van der Waals surface area (Å²) in [6.45, 7) is 4.24. The highest BCUT2D eigenvalue weighted by atomic mass is 35.5. The van der Waals surface area contributed by atoms with Gasteiger partial charge in [-0.15, -0.1) is 12.4 Å². The molecule has 0 aliphatic carbocycles. The van der Waals surface area contributed by atoms with Gasteiger partial charge in [-0.25, -0.2) is 8.42 Å². The molecule has 1 aromatic rings. The Morgan fingerprint density at radius 1 is 1.33 bits per heavy atom. The Kier molecular flexibility index (Phi) is 7.15. The Balaban J connectivity index is 0.00000288. The van der Waals surface area contributed by atoms with Crippen LogP contribution in [0.3, 0.4) is 0 Å². The molecule has 0 spiro atoms. The highest BCUT2D eigenvalue weighted by Gasteiger charge is 2.35. The third-order valence-corrected chi connectivity index (χ3v) is 6.55. The van der Waals surface area contributed by atoms with Crippen molar-refractivity contribution in [2.75, 3.05) is 13.1 Å². The van der Waals surface area contributed by atoms with Gasteiger partial charge in [-0.1, -0.05) is 6.42 Å². The molecule has 2 N–H and O–H groups in total. The summed E-state index contributed by atoms with van der Waals surface area (Å²) < 4.78 is 27.6. The molecule has 0 amide bonds. The number of nitrogens with zero attached hydrogens (tertiary/aromatic N) is 2. The van der Waals surface area contributed by atoms with Crippen LogP contribution in [0.15, 0.2) is 17.0 Å². The van der Waals surface area contributed by atoms with E-state index in [-0.39, 0.29) is 29.0 Å². The van der Waals surface area contributed by atoms with Crippen molar-refractivity contribution in [1.82, 2.24) is 4.31 Å². The number of piperidine rings is 1. The lowest BCUT2D eigenvalue weighted by molar-refractivity contribution is -0.385. The normalized spacial score (nSPS) is 18.9. The minimum atomic E-state index is -3.77. The minimum absolute atomic E-state index is 0. The van der Waals surface area contributed by atoms with Crippen molar-refractivity contribution in [2.45, 2.75) is 50.5 Å². The molecular weight excluding hydrogens is 354 g/mol. The van der Waals surface area contributed by atoms with Crippen molar-refractivity contribution in [2.24, 2.45) is 5.73 Å². The van der Waals surface area contributed by atoms with E-state index in [1.165, 1.54) is 16.4 Å². The van der Waals surface area contributed by atoms with Crippen LogP contribution in [0.5, 0.6) is 0 Å². The maximum Gasteiger partial charge on any atom is 0.271 e. The second-order valence-electron chi connectivity index (χ2n) is 5.99. The monoisotopic (exact) mass is 377 g/mol. The lowest BCUT2D eigenvalue weighted by Gasteiger charge is -2.35. The average Bonchev–Trinajstić information content (AvgIpc) is 2.50. The first-order chi connectivity index (χ1) is 10.8. The fourth-order valence-corrected chi connectivity index (χ4v) is 5.12. The van der Waals surface area contributed by atoms with Gasteiger partial charge >= 0.3 is 0 Å². The van der Waals surface area contributed by atoms with Crippen LogP contribution in [0.25, 0.3) is 0 Å². The first-order valence-electron chi connectivity index (χ1n) is 7.76. The van der Waals surface area contributed by atoms with Crippen LogP contribution in [0, 0.1) is 24.0 Å². The number of hydrogen-bond acceptors (Lipinski definition) is 5. The molecule has 136 valence electrons. The van der Waals surface area contributed by atoms with Gasteiger partial charge in [0.2, 0.25) is 10.0 Å². The Morgan fingerprint density at radius 2 is 2.00 bits per heavy atom. The topological polar surface area (TPSA) is 107 Å². The number of nitro groups is 1. The third-order valence-electron chi connectivity index (χ3n) is 4.47. The summed E-state index contributed by atoms with van der Waals surface area (Å²) in [5.74, 6) is 0. The smallest absolute Gasteiger partial charge is 0.271 e. The van der Waals surface area contributed by atoms with Gasteiger partial charge in [0.25, 0.3) is 5.69 Å². The number of benzene rings is 1. The molecule has 1 atom stereocenters. The van der Waals surface area contributed by atoms with Gasteiger partial charge in [-0.2, -0.15) is 4.31 Å². The third kappa shape index (κ3) is 4.05. The lowest BCUT2D eigenvalue weighted by Crippen LogP contribution is -2.44. The number of nitro benzene ring substituents is 1. The molecule has 7 nitrogen and oxygen atoms in total. The van der Waals surface area contributed by atoms with Gasteiger partial charge in [-0.3, -0.25) is 10.1 Å². The molecular formula is C15H24ClN3O4S. The zero-order valence-corrected chi connectivity index (χ0v) is 15.5. The largest absolute Gasteiger partial charge is 0.330 e. The Hall–Kier alpha value is -1.22. The Morgan fingerprint density at radius 3 is 2.58 bits per heavy atom. The summed E-state index contributed by atoms with van der Waals surface area (Å²) in [6.07, 6.45) is 3.16. The number of nitrogens with two attached hydrogens (primary N) is 1. The number of hydrogen-bond donors (Lipinski definition) is 1. The number of aryl methyl sites for hydroxylation is 1. The van der Waals surface area contributed by atoms with E-state index < -0.39 is 14.9 Å². The molecule has 1 unspecified atom stereocenters. The number of sulfonamides is 1. The highest BCUT2D eigenvalue weighted by Crippen LogP contribution is 2.31. The molecule has 9 heteroatoms. The van der Waals surface area contributed by atoms with Crippen molar-refractivity contribution < 1.29 is 13.3 Å². The fraction of sp³-hybridized carbons (Fsp3) is 0.600. The van der Waals surface area contributed by atoms with E-state index in [9.17, 15) is 18.5 Å². The zero-order valence-electron chi connectivity index (χ0n) is 13.9. The predicted molar refractivity (Wildman–Crippen MR) is 95.0 cm³/mol. The van der Waals surface area contributed by atoms with Gasteiger partial charge in [0.05, 0.1) is 9.82 Å². The molecule has 0 saturated carbocycles. The van der Waals surface area contributed by atoms with Gasteiger partial charge < -0.3 is 5.73 Å². The molecule has 1 saturated heterocycles. The maximum atomic E-state index is 13.1. The van der Waals surface area contributed by atoms with Gasteiger partial charge in [0.1, 0.15) is 0 Å². The van der Waals surface area contributed by atoms with Crippen molar-refractivity contribution >= 4 is 28.1 Å². The zero-order chi connectivity index (χ0) is 17.2. The van der Waals surface area contributed by atoms with Crippen molar-refractivity contribution in [3.63, 3.8) is 0 Å². The average molecular weight is 378 g/mol. The summed E-state index contributed by atoms with van der Waals surface area (Å²) in [5, 5.41) is 11.1. The first-order valence-corrected chi connectivity index (χ1v) is 9.20. The molecule has 24 heavy (non-hydrogen) atoms. The fourth-order valence-electron chi connectivity index (χ4n) is 3.08. The molecule has 1 heterocycles. The molecule has 0 aromatic heterocycles. The molecule has 0 bridgehead atoms. The van der Waals surface area contributed by atoms with E-state index in [1.54, 1.807) is 13.8 Å². The number of halogens is 1. The first kappa shape index (κ1) is 20.8. The van der Waals surface area contributed by atoms with Crippen LogP contribution in [-0.4, -0.2) is 36.8 Å². The molecule has 1 aromatic carbocycles.